The minimum absolute atomic E-state index is 0.0182. The van der Waals surface area contributed by atoms with Crippen molar-refractivity contribution in [2.75, 3.05) is 0 Å². The molecule has 1 saturated carbocycles. The number of hydrogen-bond acceptors (Lipinski definition) is 3. The smallest absolute Gasteiger partial charge is 0.340 e. The van der Waals surface area contributed by atoms with E-state index in [2.05, 4.69) is 10.3 Å². The van der Waals surface area contributed by atoms with Gasteiger partial charge in [-0.1, -0.05) is 41.9 Å². The molecule has 2 atom stereocenters. The molecule has 0 bridgehead atoms. The zero-order valence-electron chi connectivity index (χ0n) is 18.4. The first-order valence-electron chi connectivity index (χ1n) is 10.9. The maximum atomic E-state index is 14.6. The Hall–Kier alpha value is -3.26. The van der Waals surface area contributed by atoms with Gasteiger partial charge in [0, 0.05) is 31.4 Å². The van der Waals surface area contributed by atoms with Crippen LogP contribution in [0, 0.1) is 11.7 Å². The highest BCUT2D eigenvalue weighted by molar-refractivity contribution is 6.30. The number of carbonyl (C=O) groups excluding carboxylic acids is 2. The number of Topliss-reactive ketones (excluding diaryl/α,β-unsaturated/α-hetero) is 1. The molecule has 1 aromatic heterocycles. The number of ketones is 1. The summed E-state index contributed by atoms with van der Waals surface area (Å²) in [5, 5.41) is 3.15. The molecule has 1 aliphatic rings. The number of nitrogens with one attached hydrogen (secondary N) is 1. The van der Waals surface area contributed by atoms with Crippen LogP contribution in [0.1, 0.15) is 41.6 Å². The van der Waals surface area contributed by atoms with E-state index in [1.807, 2.05) is 0 Å². The zero-order chi connectivity index (χ0) is 25.2. The van der Waals surface area contributed by atoms with E-state index in [1.165, 1.54) is 18.3 Å². The third kappa shape index (κ3) is 5.53. The molecule has 35 heavy (non-hydrogen) atoms. The third-order valence-electron chi connectivity index (χ3n) is 6.15. The molecule has 0 radical (unpaired) electrons. The second-order valence-electron chi connectivity index (χ2n) is 8.62. The summed E-state index contributed by atoms with van der Waals surface area (Å²) in [6.45, 7) is 0. The van der Waals surface area contributed by atoms with E-state index in [-0.39, 0.29) is 41.3 Å². The van der Waals surface area contributed by atoms with Gasteiger partial charge in [0.25, 0.3) is 0 Å². The number of carbonyl (C=O) groups is 2. The molecule has 1 unspecified atom stereocenters. The van der Waals surface area contributed by atoms with Crippen LogP contribution >= 0.6 is 11.6 Å². The first kappa shape index (κ1) is 24.9. The number of alkyl halides is 3. The predicted molar refractivity (Wildman–Crippen MR) is 122 cm³/mol. The Balaban J connectivity index is 1.93. The molecule has 1 fully saturated rings. The number of aromatic nitrogens is 1. The van der Waals surface area contributed by atoms with Crippen LogP contribution in [-0.4, -0.2) is 16.7 Å². The Morgan fingerprint density at radius 3 is 2.37 bits per heavy atom. The molecule has 1 aliphatic carbocycles. The molecule has 4 nitrogen and oxygen atoms in total. The van der Waals surface area contributed by atoms with Gasteiger partial charge < -0.3 is 5.32 Å². The first-order valence-corrected chi connectivity index (χ1v) is 11.3. The Morgan fingerprint density at radius 1 is 1.06 bits per heavy atom. The summed E-state index contributed by atoms with van der Waals surface area (Å²) in [5.41, 5.74) is -2.13. The van der Waals surface area contributed by atoms with Gasteiger partial charge in [-0.3, -0.25) is 14.6 Å². The van der Waals surface area contributed by atoms with Gasteiger partial charge in [0.15, 0.2) is 0 Å². The highest BCUT2D eigenvalue weighted by atomic mass is 35.5. The lowest BCUT2D eigenvalue weighted by molar-refractivity contribution is -0.137. The molecule has 0 spiro atoms. The van der Waals surface area contributed by atoms with E-state index in [0.717, 1.165) is 12.1 Å². The Labute approximate surface area is 204 Å². The molecule has 9 heteroatoms. The second-order valence-corrected chi connectivity index (χ2v) is 9.06. The maximum absolute atomic E-state index is 14.6. The van der Waals surface area contributed by atoms with Gasteiger partial charge in [-0.05, 0) is 47.9 Å². The van der Waals surface area contributed by atoms with Crippen LogP contribution in [0.2, 0.25) is 5.02 Å². The fraction of sp³-hybridized carbons (Fsp3) is 0.269. The summed E-state index contributed by atoms with van der Waals surface area (Å²) >= 11 is 6.01. The standard InChI is InChI=1S/C26H21ClF4N2O2/c27-20-7-9-23(32-15-20)25(14-16-4-2-1-3-5-16,33-24(35)17-6-8-22(34)10-17)18-11-19(26(29,30)31)13-21(28)12-18/h1-5,7,9,11-13,15,17H,6,8,10,14H2,(H,33,35)/t17?,25-/m0/s1. The topological polar surface area (TPSA) is 59.1 Å². The summed E-state index contributed by atoms with van der Waals surface area (Å²) in [6.07, 6.45) is -2.90. The van der Waals surface area contributed by atoms with E-state index in [9.17, 15) is 27.2 Å². The van der Waals surface area contributed by atoms with Crippen molar-refractivity contribution in [1.29, 1.82) is 0 Å². The number of halogens is 5. The SMILES string of the molecule is O=C1CCC(C(=O)N[C@@](Cc2ccccc2)(c2cc(F)cc(C(F)(F)F)c2)c2ccc(Cl)cn2)C1. The highest BCUT2D eigenvalue weighted by Crippen LogP contribution is 2.38. The lowest BCUT2D eigenvalue weighted by Gasteiger charge is -2.36. The first-order chi connectivity index (χ1) is 16.6. The summed E-state index contributed by atoms with van der Waals surface area (Å²) in [7, 11) is 0. The number of benzene rings is 2. The van der Waals surface area contributed by atoms with Crippen LogP contribution < -0.4 is 5.32 Å². The van der Waals surface area contributed by atoms with Crippen LogP contribution in [0.5, 0.6) is 0 Å². The molecule has 1 N–H and O–H groups in total. The average Bonchev–Trinajstić information content (AvgIpc) is 3.25. The molecule has 0 aliphatic heterocycles. The molecular weight excluding hydrogens is 484 g/mol. The van der Waals surface area contributed by atoms with Gasteiger partial charge in [0.1, 0.15) is 17.1 Å². The van der Waals surface area contributed by atoms with Crippen molar-refractivity contribution >= 4 is 23.3 Å². The molecule has 0 saturated heterocycles. The van der Waals surface area contributed by atoms with Gasteiger partial charge in [-0.2, -0.15) is 13.2 Å². The largest absolute Gasteiger partial charge is 0.416 e. The monoisotopic (exact) mass is 504 g/mol. The average molecular weight is 505 g/mol. The number of hydrogen-bond donors (Lipinski definition) is 1. The minimum atomic E-state index is -4.81. The molecule has 2 aromatic carbocycles. The van der Waals surface area contributed by atoms with Crippen LogP contribution in [0.15, 0.2) is 66.9 Å². The fourth-order valence-electron chi connectivity index (χ4n) is 4.40. The Bertz CT molecular complexity index is 1230. The predicted octanol–water partition coefficient (Wildman–Crippen LogP) is 5.86. The Morgan fingerprint density at radius 2 is 1.77 bits per heavy atom. The van der Waals surface area contributed by atoms with E-state index in [4.69, 9.17) is 11.6 Å². The van der Waals surface area contributed by atoms with Crippen LogP contribution in [0.25, 0.3) is 0 Å². The van der Waals surface area contributed by atoms with E-state index < -0.39 is 34.9 Å². The maximum Gasteiger partial charge on any atom is 0.416 e. The molecule has 1 amide bonds. The van der Waals surface area contributed by atoms with Gasteiger partial charge in [-0.25, -0.2) is 4.39 Å². The molecule has 182 valence electrons. The normalized spacial score (nSPS) is 17.7. The minimum Gasteiger partial charge on any atom is -0.340 e. The van der Waals surface area contributed by atoms with E-state index in [0.29, 0.717) is 18.1 Å². The van der Waals surface area contributed by atoms with Crippen LogP contribution in [0.4, 0.5) is 17.6 Å². The number of pyridine rings is 1. The van der Waals surface area contributed by atoms with Crippen molar-refractivity contribution in [2.24, 2.45) is 5.92 Å². The molecule has 1 heterocycles. The fourth-order valence-corrected chi connectivity index (χ4v) is 4.51. The summed E-state index contributed by atoms with van der Waals surface area (Å²) in [5.74, 6) is -2.32. The summed E-state index contributed by atoms with van der Waals surface area (Å²) in [6, 6.07) is 14.0. The zero-order valence-corrected chi connectivity index (χ0v) is 19.2. The highest BCUT2D eigenvalue weighted by Gasteiger charge is 2.42. The quantitative estimate of drug-likeness (QED) is 0.427. The van der Waals surface area contributed by atoms with Crippen molar-refractivity contribution in [1.82, 2.24) is 10.3 Å². The van der Waals surface area contributed by atoms with Crippen LogP contribution in [-0.2, 0) is 27.7 Å². The third-order valence-corrected chi connectivity index (χ3v) is 6.37. The van der Waals surface area contributed by atoms with Crippen molar-refractivity contribution < 1.29 is 27.2 Å². The Kier molecular flexibility index (Phi) is 6.94. The van der Waals surface area contributed by atoms with Gasteiger partial charge in [0.05, 0.1) is 16.3 Å². The van der Waals surface area contributed by atoms with Crippen molar-refractivity contribution in [3.63, 3.8) is 0 Å². The van der Waals surface area contributed by atoms with Gasteiger partial charge >= 0.3 is 6.18 Å². The van der Waals surface area contributed by atoms with E-state index in [1.54, 1.807) is 30.3 Å². The molecular formula is C26H21ClF4N2O2. The van der Waals surface area contributed by atoms with Crippen molar-refractivity contribution in [3.8, 4) is 0 Å². The summed E-state index contributed by atoms with van der Waals surface area (Å²) in [4.78, 5) is 29.5. The number of amides is 1. The molecule has 4 rings (SSSR count). The van der Waals surface area contributed by atoms with Crippen molar-refractivity contribution in [2.45, 2.75) is 37.4 Å². The van der Waals surface area contributed by atoms with Gasteiger partial charge in [-0.15, -0.1) is 0 Å². The lowest BCUT2D eigenvalue weighted by Crippen LogP contribution is -2.51. The van der Waals surface area contributed by atoms with Crippen molar-refractivity contribution in [3.05, 3.63) is 100 Å². The summed E-state index contributed by atoms with van der Waals surface area (Å²) < 4.78 is 55.5. The van der Waals surface area contributed by atoms with Crippen LogP contribution in [0.3, 0.4) is 0 Å². The number of nitrogens with zero attached hydrogens (tertiary/aromatic N) is 1. The van der Waals surface area contributed by atoms with Gasteiger partial charge in [0.2, 0.25) is 5.91 Å². The van der Waals surface area contributed by atoms with E-state index >= 15 is 0 Å². The number of rotatable bonds is 6. The molecule has 3 aromatic rings. The lowest BCUT2D eigenvalue weighted by atomic mass is 9.79. The second kappa shape index (κ2) is 9.77.